The number of hydrogen-bond donors (Lipinski definition) is 1. The zero-order chi connectivity index (χ0) is 25.6. The molecule has 0 aliphatic rings. The fourth-order valence-corrected chi connectivity index (χ4v) is 5.63. The number of aryl methyl sites for hydroxylation is 1. The first-order chi connectivity index (χ1) is 16.7. The molecule has 7 nitrogen and oxygen atoms in total. The van der Waals surface area contributed by atoms with Gasteiger partial charge < -0.3 is 14.8 Å². The molecule has 9 heteroatoms. The van der Waals surface area contributed by atoms with Crippen molar-refractivity contribution in [3.8, 4) is 11.5 Å². The van der Waals surface area contributed by atoms with Crippen LogP contribution < -0.4 is 19.1 Å². The molecule has 1 atom stereocenters. The molecule has 3 aromatic carbocycles. The molecular weight excluding hydrogens is 484 g/mol. The predicted octanol–water partition coefficient (Wildman–Crippen LogP) is 4.81. The van der Waals surface area contributed by atoms with Gasteiger partial charge in [-0.05, 0) is 79.8 Å². The molecule has 3 rings (SSSR count). The Labute approximate surface area is 211 Å². The minimum atomic E-state index is -4.14. The van der Waals surface area contributed by atoms with Gasteiger partial charge in [0, 0.05) is 4.90 Å². The molecule has 0 heterocycles. The van der Waals surface area contributed by atoms with Gasteiger partial charge in [-0.25, -0.2) is 8.42 Å². The summed E-state index contributed by atoms with van der Waals surface area (Å²) >= 11 is 1.64. The lowest BCUT2D eigenvalue weighted by Crippen LogP contribution is -2.41. The molecule has 0 aliphatic heterocycles. The second-order valence-corrected chi connectivity index (χ2v) is 10.6. The van der Waals surface area contributed by atoms with E-state index in [0.717, 1.165) is 20.3 Å². The van der Waals surface area contributed by atoms with E-state index in [9.17, 15) is 13.2 Å². The summed E-state index contributed by atoms with van der Waals surface area (Å²) in [5, 5.41) is 2.91. The van der Waals surface area contributed by atoms with Crippen molar-refractivity contribution in [2.24, 2.45) is 0 Å². The van der Waals surface area contributed by atoms with Crippen LogP contribution in [0.5, 0.6) is 11.5 Å². The standard InChI is InChI=1S/C26H30N2O5S2/c1-18-6-15-24(33-4)25(16-18)35(30,31)28(21-9-11-22(32-3)12-10-21)17-26(29)27-19(2)20-7-13-23(34-5)14-8-20/h6-16,19H,17H2,1-5H3,(H,27,29). The Morgan fingerprint density at radius 1 is 1.00 bits per heavy atom. The Hall–Kier alpha value is -3.17. The van der Waals surface area contributed by atoms with Crippen LogP contribution in [0.4, 0.5) is 5.69 Å². The van der Waals surface area contributed by atoms with Crippen molar-refractivity contribution >= 4 is 33.4 Å². The average molecular weight is 515 g/mol. The number of methoxy groups -OCH3 is 2. The highest BCUT2D eigenvalue weighted by Crippen LogP contribution is 2.31. The number of anilines is 1. The first kappa shape index (κ1) is 26.4. The first-order valence-corrected chi connectivity index (χ1v) is 13.6. The largest absolute Gasteiger partial charge is 0.497 e. The van der Waals surface area contributed by atoms with Crippen LogP contribution in [0.25, 0.3) is 0 Å². The topological polar surface area (TPSA) is 84.9 Å². The van der Waals surface area contributed by atoms with E-state index in [-0.39, 0.29) is 16.7 Å². The molecule has 186 valence electrons. The van der Waals surface area contributed by atoms with Crippen molar-refractivity contribution in [2.45, 2.75) is 29.7 Å². The van der Waals surface area contributed by atoms with E-state index in [1.165, 1.54) is 14.2 Å². The molecule has 1 unspecified atom stereocenters. The summed E-state index contributed by atoms with van der Waals surface area (Å²) in [5.41, 5.74) is 2.02. The molecule has 35 heavy (non-hydrogen) atoms. The number of hydrogen-bond acceptors (Lipinski definition) is 6. The second-order valence-electron chi connectivity index (χ2n) is 7.93. The van der Waals surface area contributed by atoms with Crippen LogP contribution in [-0.2, 0) is 14.8 Å². The number of sulfonamides is 1. The van der Waals surface area contributed by atoms with Gasteiger partial charge in [-0.2, -0.15) is 0 Å². The summed E-state index contributed by atoms with van der Waals surface area (Å²) in [5.74, 6) is 0.347. The Kier molecular flexibility index (Phi) is 8.69. The molecule has 3 aromatic rings. The van der Waals surface area contributed by atoms with E-state index < -0.39 is 22.5 Å². The predicted molar refractivity (Wildman–Crippen MR) is 140 cm³/mol. The zero-order valence-corrected chi connectivity index (χ0v) is 22.1. The zero-order valence-electron chi connectivity index (χ0n) is 20.4. The van der Waals surface area contributed by atoms with Crippen LogP contribution in [0.2, 0.25) is 0 Å². The number of carbonyl (C=O) groups is 1. The molecule has 1 amide bonds. The monoisotopic (exact) mass is 514 g/mol. The molecule has 0 fully saturated rings. The van der Waals surface area contributed by atoms with Gasteiger partial charge in [0.25, 0.3) is 10.0 Å². The van der Waals surface area contributed by atoms with Crippen molar-refractivity contribution in [2.75, 3.05) is 31.3 Å². The van der Waals surface area contributed by atoms with Gasteiger partial charge in [0.2, 0.25) is 5.91 Å². The fourth-order valence-electron chi connectivity index (χ4n) is 3.56. The molecule has 0 radical (unpaired) electrons. The highest BCUT2D eigenvalue weighted by atomic mass is 32.2. The lowest BCUT2D eigenvalue weighted by Gasteiger charge is -2.26. The third-order valence-electron chi connectivity index (χ3n) is 5.53. The van der Waals surface area contributed by atoms with Crippen LogP contribution in [0.1, 0.15) is 24.1 Å². The van der Waals surface area contributed by atoms with Gasteiger partial charge in [0.1, 0.15) is 22.9 Å². The quantitative estimate of drug-likeness (QED) is 0.391. The Morgan fingerprint density at radius 3 is 2.23 bits per heavy atom. The number of benzene rings is 3. The number of thioether (sulfide) groups is 1. The van der Waals surface area contributed by atoms with Crippen LogP contribution in [0, 0.1) is 6.92 Å². The summed E-state index contributed by atoms with van der Waals surface area (Å²) in [6.07, 6.45) is 2.00. The van der Waals surface area contributed by atoms with Gasteiger partial charge >= 0.3 is 0 Å². The van der Waals surface area contributed by atoms with Crippen LogP contribution in [-0.4, -0.2) is 41.3 Å². The Balaban J connectivity index is 1.94. The van der Waals surface area contributed by atoms with Crippen molar-refractivity contribution < 1.29 is 22.7 Å². The summed E-state index contributed by atoms with van der Waals surface area (Å²) in [6, 6.07) is 19.0. The smallest absolute Gasteiger partial charge is 0.268 e. The molecule has 0 saturated heterocycles. The Bertz CT molecular complexity index is 1260. The van der Waals surface area contributed by atoms with Crippen molar-refractivity contribution in [3.63, 3.8) is 0 Å². The molecular formula is C26H30N2O5S2. The normalized spacial score (nSPS) is 12.0. The van der Waals surface area contributed by atoms with Gasteiger partial charge in [-0.3, -0.25) is 9.10 Å². The number of ether oxygens (including phenoxy) is 2. The van der Waals surface area contributed by atoms with E-state index in [0.29, 0.717) is 11.4 Å². The van der Waals surface area contributed by atoms with Gasteiger partial charge in [0.05, 0.1) is 25.9 Å². The first-order valence-electron chi connectivity index (χ1n) is 10.9. The number of nitrogens with zero attached hydrogens (tertiary/aromatic N) is 1. The maximum absolute atomic E-state index is 13.8. The van der Waals surface area contributed by atoms with E-state index in [4.69, 9.17) is 9.47 Å². The van der Waals surface area contributed by atoms with E-state index in [2.05, 4.69) is 5.32 Å². The van der Waals surface area contributed by atoms with Crippen LogP contribution in [0.3, 0.4) is 0 Å². The molecule has 0 saturated carbocycles. The third-order valence-corrected chi connectivity index (χ3v) is 8.07. The van der Waals surface area contributed by atoms with Crippen molar-refractivity contribution in [3.05, 3.63) is 77.9 Å². The second kappa shape index (κ2) is 11.5. The molecule has 1 N–H and O–H groups in total. The lowest BCUT2D eigenvalue weighted by molar-refractivity contribution is -0.120. The summed E-state index contributed by atoms with van der Waals surface area (Å²) < 4.78 is 39.2. The highest BCUT2D eigenvalue weighted by Gasteiger charge is 2.30. The van der Waals surface area contributed by atoms with E-state index in [1.54, 1.807) is 61.2 Å². The molecule has 0 bridgehead atoms. The lowest BCUT2D eigenvalue weighted by atomic mass is 10.1. The number of rotatable bonds is 10. The molecule has 0 spiro atoms. The number of nitrogens with one attached hydrogen (secondary N) is 1. The van der Waals surface area contributed by atoms with Crippen LogP contribution in [0.15, 0.2) is 76.5 Å². The molecule has 0 aliphatic carbocycles. The molecule has 0 aromatic heterocycles. The van der Waals surface area contributed by atoms with Crippen molar-refractivity contribution in [1.29, 1.82) is 0 Å². The SMILES string of the molecule is COc1ccc(N(CC(=O)NC(C)c2ccc(SC)cc2)S(=O)(=O)c2cc(C)ccc2OC)cc1. The maximum Gasteiger partial charge on any atom is 0.268 e. The van der Waals surface area contributed by atoms with Gasteiger partial charge in [-0.15, -0.1) is 11.8 Å². The maximum atomic E-state index is 13.8. The third kappa shape index (κ3) is 6.29. The number of carbonyl (C=O) groups excluding carboxylic acids is 1. The van der Waals surface area contributed by atoms with E-state index in [1.807, 2.05) is 37.4 Å². The fraction of sp³-hybridized carbons (Fsp3) is 0.269. The summed E-state index contributed by atoms with van der Waals surface area (Å²) in [4.78, 5) is 14.2. The minimum absolute atomic E-state index is 0.00989. The van der Waals surface area contributed by atoms with Gasteiger partial charge in [-0.1, -0.05) is 18.2 Å². The highest BCUT2D eigenvalue weighted by molar-refractivity contribution is 7.98. The van der Waals surface area contributed by atoms with Crippen molar-refractivity contribution in [1.82, 2.24) is 5.32 Å². The van der Waals surface area contributed by atoms with E-state index >= 15 is 0 Å². The average Bonchev–Trinajstić information content (AvgIpc) is 2.87. The Morgan fingerprint density at radius 2 is 1.66 bits per heavy atom. The van der Waals surface area contributed by atoms with Crippen LogP contribution >= 0.6 is 11.8 Å². The summed E-state index contributed by atoms with van der Waals surface area (Å²) in [7, 11) is -1.20. The number of amides is 1. The minimum Gasteiger partial charge on any atom is -0.497 e. The van der Waals surface area contributed by atoms with Gasteiger partial charge in [0.15, 0.2) is 0 Å². The summed E-state index contributed by atoms with van der Waals surface area (Å²) in [6.45, 7) is 3.26.